The van der Waals surface area contributed by atoms with Gasteiger partial charge in [0.05, 0.1) is 5.69 Å². The predicted octanol–water partition coefficient (Wildman–Crippen LogP) is 4.91. The van der Waals surface area contributed by atoms with Gasteiger partial charge in [-0.2, -0.15) is 0 Å². The Morgan fingerprint density at radius 3 is 2.38 bits per heavy atom. The predicted molar refractivity (Wildman–Crippen MR) is 88.8 cm³/mol. The Hall–Kier alpha value is -2.61. The van der Waals surface area contributed by atoms with Crippen LogP contribution in [0.15, 0.2) is 59.6 Å². The summed E-state index contributed by atoms with van der Waals surface area (Å²) >= 11 is 0. The average molecular weight is 275 g/mol. The quantitative estimate of drug-likeness (QED) is 0.662. The molecule has 2 nitrogen and oxygen atoms in total. The first-order chi connectivity index (χ1) is 10.1. The molecule has 0 radical (unpaired) electrons. The summed E-state index contributed by atoms with van der Waals surface area (Å²) < 4.78 is 0. The number of aliphatic imine (C=N–C) groups is 1. The highest BCUT2D eigenvalue weighted by molar-refractivity contribution is 6.02. The summed E-state index contributed by atoms with van der Waals surface area (Å²) in [5.41, 5.74) is 4.03. The van der Waals surface area contributed by atoms with Crippen molar-refractivity contribution in [1.29, 1.82) is 0 Å². The van der Waals surface area contributed by atoms with Crippen LogP contribution in [0.3, 0.4) is 0 Å². The number of hydrogen-bond acceptors (Lipinski definition) is 2. The summed E-state index contributed by atoms with van der Waals surface area (Å²) in [6.07, 6.45) is 1.74. The smallest absolute Gasteiger partial charge is 0.124 e. The number of fused-ring (bicyclic) bond motifs is 1. The second-order valence-electron chi connectivity index (χ2n) is 5.32. The summed E-state index contributed by atoms with van der Waals surface area (Å²) in [7, 11) is 0. The molecule has 0 bridgehead atoms. The van der Waals surface area contributed by atoms with Crippen molar-refractivity contribution >= 4 is 22.7 Å². The number of nitrogens with zero attached hydrogens (tertiary/aromatic N) is 1. The van der Waals surface area contributed by atoms with Gasteiger partial charge in [-0.15, -0.1) is 0 Å². The summed E-state index contributed by atoms with van der Waals surface area (Å²) in [4.78, 5) is 4.52. The molecule has 104 valence electrons. The average Bonchev–Trinajstić information content (AvgIpc) is 2.45. The highest BCUT2D eigenvalue weighted by atomic mass is 16.3. The fraction of sp³-hybridized carbons (Fsp3) is 0.105. The van der Waals surface area contributed by atoms with E-state index in [0.29, 0.717) is 0 Å². The number of aromatic hydroxyl groups is 1. The zero-order valence-electron chi connectivity index (χ0n) is 12.2. The first-order valence-electron chi connectivity index (χ1n) is 6.96. The maximum absolute atomic E-state index is 10.1. The van der Waals surface area contributed by atoms with Crippen LogP contribution in [0.5, 0.6) is 5.75 Å². The lowest BCUT2D eigenvalue weighted by Crippen LogP contribution is -1.86. The van der Waals surface area contributed by atoms with Crippen molar-refractivity contribution in [3.05, 3.63) is 71.3 Å². The van der Waals surface area contributed by atoms with Gasteiger partial charge in [0.15, 0.2) is 0 Å². The maximum atomic E-state index is 10.1. The number of hydrogen-bond donors (Lipinski definition) is 1. The van der Waals surface area contributed by atoms with Crippen molar-refractivity contribution in [2.45, 2.75) is 13.8 Å². The number of phenols is 1. The molecule has 0 aliphatic heterocycles. The van der Waals surface area contributed by atoms with Crippen LogP contribution in [0.4, 0.5) is 5.69 Å². The summed E-state index contributed by atoms with van der Waals surface area (Å²) in [5, 5.41) is 12.2. The Balaban J connectivity index is 2.08. The molecular weight excluding hydrogens is 258 g/mol. The molecule has 0 heterocycles. The van der Waals surface area contributed by atoms with Gasteiger partial charge in [-0.3, -0.25) is 4.99 Å². The number of benzene rings is 3. The molecule has 21 heavy (non-hydrogen) atoms. The fourth-order valence-electron chi connectivity index (χ4n) is 2.58. The first-order valence-corrected chi connectivity index (χ1v) is 6.96. The van der Waals surface area contributed by atoms with Crippen molar-refractivity contribution in [2.24, 2.45) is 4.99 Å². The van der Waals surface area contributed by atoms with Gasteiger partial charge < -0.3 is 5.11 Å². The molecule has 0 aliphatic carbocycles. The number of aryl methyl sites for hydroxylation is 2. The largest absolute Gasteiger partial charge is 0.507 e. The van der Waals surface area contributed by atoms with Gasteiger partial charge in [0.1, 0.15) is 5.75 Å². The Bertz CT molecular complexity index is 814. The minimum Gasteiger partial charge on any atom is -0.507 e. The lowest BCUT2D eigenvalue weighted by Gasteiger charge is -2.05. The topological polar surface area (TPSA) is 32.6 Å². The molecule has 0 saturated heterocycles. The van der Waals surface area contributed by atoms with Gasteiger partial charge in [0.25, 0.3) is 0 Å². The van der Waals surface area contributed by atoms with Gasteiger partial charge >= 0.3 is 0 Å². The maximum Gasteiger partial charge on any atom is 0.124 e. The molecule has 0 atom stereocenters. The van der Waals surface area contributed by atoms with Crippen molar-refractivity contribution < 1.29 is 5.11 Å². The van der Waals surface area contributed by atoms with E-state index in [-0.39, 0.29) is 5.75 Å². The van der Waals surface area contributed by atoms with Crippen LogP contribution in [-0.2, 0) is 0 Å². The summed E-state index contributed by atoms with van der Waals surface area (Å²) in [5.74, 6) is 0.252. The van der Waals surface area contributed by atoms with Crippen LogP contribution in [-0.4, -0.2) is 11.3 Å². The van der Waals surface area contributed by atoms with Crippen LogP contribution in [0.25, 0.3) is 10.8 Å². The molecule has 0 fully saturated rings. The van der Waals surface area contributed by atoms with Gasteiger partial charge in [0.2, 0.25) is 0 Å². The lowest BCUT2D eigenvalue weighted by molar-refractivity contribution is 0.475. The van der Waals surface area contributed by atoms with Crippen molar-refractivity contribution in [3.8, 4) is 5.75 Å². The molecule has 2 heteroatoms. The Morgan fingerprint density at radius 2 is 1.62 bits per heavy atom. The minimum atomic E-state index is 0.252. The van der Waals surface area contributed by atoms with Crippen molar-refractivity contribution in [2.75, 3.05) is 0 Å². The second kappa shape index (κ2) is 5.41. The molecule has 1 N–H and O–H groups in total. The number of phenolic OH excluding ortho intramolecular Hbond substituents is 1. The summed E-state index contributed by atoms with van der Waals surface area (Å²) in [6, 6.07) is 17.8. The van der Waals surface area contributed by atoms with Crippen LogP contribution < -0.4 is 0 Å². The zero-order chi connectivity index (χ0) is 14.8. The fourth-order valence-corrected chi connectivity index (χ4v) is 2.58. The van der Waals surface area contributed by atoms with Crippen molar-refractivity contribution in [1.82, 2.24) is 0 Å². The van der Waals surface area contributed by atoms with E-state index < -0.39 is 0 Å². The van der Waals surface area contributed by atoms with E-state index >= 15 is 0 Å². The lowest BCUT2D eigenvalue weighted by atomic mass is 10.0. The van der Waals surface area contributed by atoms with Gasteiger partial charge in [-0.25, -0.2) is 0 Å². The summed E-state index contributed by atoms with van der Waals surface area (Å²) in [6.45, 7) is 4.11. The van der Waals surface area contributed by atoms with E-state index in [4.69, 9.17) is 0 Å². The van der Waals surface area contributed by atoms with E-state index in [2.05, 4.69) is 24.9 Å². The number of rotatable bonds is 2. The minimum absolute atomic E-state index is 0.252. The molecule has 0 spiro atoms. The SMILES string of the molecule is Cc1cc(C)cc(N=Cc2c(O)ccc3ccccc23)c1. The first kappa shape index (κ1) is 13.4. The monoisotopic (exact) mass is 275 g/mol. The van der Waals surface area contributed by atoms with Crippen LogP contribution >= 0.6 is 0 Å². The third kappa shape index (κ3) is 2.79. The zero-order valence-corrected chi connectivity index (χ0v) is 12.2. The molecule has 3 aromatic rings. The van der Waals surface area contributed by atoms with E-state index in [9.17, 15) is 5.11 Å². The Morgan fingerprint density at radius 1 is 0.905 bits per heavy atom. The van der Waals surface area contributed by atoms with Crippen LogP contribution in [0, 0.1) is 13.8 Å². The highest BCUT2D eigenvalue weighted by Crippen LogP contribution is 2.26. The van der Waals surface area contributed by atoms with E-state index in [0.717, 1.165) is 22.0 Å². The normalized spacial score (nSPS) is 11.3. The van der Waals surface area contributed by atoms with Crippen LogP contribution in [0.1, 0.15) is 16.7 Å². The molecule has 0 aliphatic rings. The van der Waals surface area contributed by atoms with Crippen LogP contribution in [0.2, 0.25) is 0 Å². The van der Waals surface area contributed by atoms with Gasteiger partial charge in [-0.1, -0.05) is 36.4 Å². The third-order valence-corrected chi connectivity index (χ3v) is 3.50. The van der Waals surface area contributed by atoms with Gasteiger partial charge in [0, 0.05) is 11.8 Å². The molecular formula is C19H17NO. The molecule has 3 rings (SSSR count). The highest BCUT2D eigenvalue weighted by Gasteiger charge is 2.04. The van der Waals surface area contributed by atoms with Crippen molar-refractivity contribution in [3.63, 3.8) is 0 Å². The molecule has 3 aromatic carbocycles. The molecule has 0 amide bonds. The van der Waals surface area contributed by atoms with E-state index in [1.807, 2.05) is 42.5 Å². The molecule has 0 unspecified atom stereocenters. The molecule has 0 saturated carbocycles. The standard InChI is InChI=1S/C19H17NO/c1-13-9-14(2)11-16(10-13)20-12-18-17-6-4-3-5-15(17)7-8-19(18)21/h3-12,21H,1-2H3. The molecule has 0 aromatic heterocycles. The second-order valence-corrected chi connectivity index (χ2v) is 5.32. The van der Waals surface area contributed by atoms with E-state index in [1.165, 1.54) is 11.1 Å². The Kier molecular flexibility index (Phi) is 3.44. The third-order valence-electron chi connectivity index (χ3n) is 3.50. The van der Waals surface area contributed by atoms with Gasteiger partial charge in [-0.05, 0) is 53.9 Å². The van der Waals surface area contributed by atoms with E-state index in [1.54, 1.807) is 12.3 Å². The Labute approximate surface area is 124 Å².